The lowest BCUT2D eigenvalue weighted by molar-refractivity contribution is 0.0699. The number of hydrogen-bond donors (Lipinski definition) is 2. The van der Waals surface area contributed by atoms with Crippen LogP contribution in [0.2, 0.25) is 0 Å². The van der Waals surface area contributed by atoms with Crippen LogP contribution in [0.3, 0.4) is 0 Å². The Morgan fingerprint density at radius 2 is 2.21 bits per heavy atom. The number of carboxylic acids is 1. The topological polar surface area (TPSA) is 106 Å². The molecule has 8 nitrogen and oxygen atoms in total. The van der Waals surface area contributed by atoms with Crippen molar-refractivity contribution in [3.8, 4) is 17.1 Å². The molecule has 120 valence electrons. The Morgan fingerprint density at radius 1 is 1.38 bits per heavy atom. The maximum atomic E-state index is 11.3. The molecule has 3 heterocycles. The molecule has 1 aromatic carbocycles. The fourth-order valence-electron chi connectivity index (χ4n) is 2.72. The number of fused-ring (bicyclic) bond motifs is 2. The molecule has 0 saturated heterocycles. The summed E-state index contributed by atoms with van der Waals surface area (Å²) in [6, 6.07) is 5.63. The molecule has 0 aliphatic heterocycles. The zero-order valence-electron chi connectivity index (χ0n) is 12.9. The molecule has 0 aliphatic rings. The monoisotopic (exact) mass is 323 g/mol. The number of aromatic nitrogens is 5. The fraction of sp³-hybridized carbons (Fsp3) is 0.125. The Morgan fingerprint density at radius 3 is 2.96 bits per heavy atom. The Kier molecular flexibility index (Phi) is 2.99. The van der Waals surface area contributed by atoms with Gasteiger partial charge in [-0.3, -0.25) is 4.68 Å². The lowest BCUT2D eigenvalue weighted by atomic mass is 10.1. The zero-order valence-corrected chi connectivity index (χ0v) is 12.9. The van der Waals surface area contributed by atoms with E-state index < -0.39 is 5.97 Å². The average molecular weight is 323 g/mol. The lowest BCUT2D eigenvalue weighted by Crippen LogP contribution is -1.97. The Balaban J connectivity index is 1.95. The van der Waals surface area contributed by atoms with Crippen LogP contribution in [0.5, 0.6) is 5.75 Å². The highest BCUT2D eigenvalue weighted by Crippen LogP contribution is 2.29. The van der Waals surface area contributed by atoms with E-state index in [-0.39, 0.29) is 5.56 Å². The Hall–Kier alpha value is -3.42. The van der Waals surface area contributed by atoms with Crippen molar-refractivity contribution >= 4 is 28.0 Å². The summed E-state index contributed by atoms with van der Waals surface area (Å²) in [5, 5.41) is 14.6. The fourth-order valence-corrected chi connectivity index (χ4v) is 2.72. The van der Waals surface area contributed by atoms with E-state index in [0.29, 0.717) is 22.6 Å². The van der Waals surface area contributed by atoms with Crippen molar-refractivity contribution in [1.82, 2.24) is 24.7 Å². The van der Waals surface area contributed by atoms with E-state index in [9.17, 15) is 9.90 Å². The predicted molar refractivity (Wildman–Crippen MR) is 87.1 cm³/mol. The molecular formula is C16H13N5O3. The van der Waals surface area contributed by atoms with Crippen LogP contribution in [0.1, 0.15) is 10.4 Å². The summed E-state index contributed by atoms with van der Waals surface area (Å²) in [5.74, 6) is -0.319. The standard InChI is InChI=1S/C16H13N5O3/c1-21-12-5-8(24-2)3-4-9(12)13(20-21)11-7-18-15-14(19-11)10(6-17-15)16(22)23/h3-7H,1-2H3,(H,17,18)(H,22,23). The summed E-state index contributed by atoms with van der Waals surface area (Å²) < 4.78 is 6.97. The molecule has 0 fully saturated rings. The van der Waals surface area contributed by atoms with Crippen molar-refractivity contribution in [3.05, 3.63) is 36.2 Å². The highest BCUT2D eigenvalue weighted by molar-refractivity contribution is 6.01. The number of aromatic amines is 1. The maximum absolute atomic E-state index is 11.3. The largest absolute Gasteiger partial charge is 0.497 e. The number of aromatic carboxylic acids is 1. The van der Waals surface area contributed by atoms with Crippen LogP contribution in [0.25, 0.3) is 33.5 Å². The third kappa shape index (κ3) is 2.00. The molecule has 24 heavy (non-hydrogen) atoms. The first kappa shape index (κ1) is 14.2. The van der Waals surface area contributed by atoms with Gasteiger partial charge in [-0.05, 0) is 12.1 Å². The second kappa shape index (κ2) is 5.05. The molecule has 0 bridgehead atoms. The van der Waals surface area contributed by atoms with Crippen molar-refractivity contribution in [3.63, 3.8) is 0 Å². The first-order valence-corrected chi connectivity index (χ1v) is 7.17. The highest BCUT2D eigenvalue weighted by atomic mass is 16.5. The van der Waals surface area contributed by atoms with Gasteiger partial charge in [-0.2, -0.15) is 5.10 Å². The quantitative estimate of drug-likeness (QED) is 0.599. The lowest BCUT2D eigenvalue weighted by Gasteiger charge is -2.00. The molecule has 2 N–H and O–H groups in total. The number of benzene rings is 1. The van der Waals surface area contributed by atoms with E-state index in [0.717, 1.165) is 16.7 Å². The molecule has 3 aromatic heterocycles. The molecule has 0 unspecified atom stereocenters. The van der Waals surface area contributed by atoms with Gasteiger partial charge < -0.3 is 14.8 Å². The Bertz CT molecular complexity index is 1100. The van der Waals surface area contributed by atoms with Gasteiger partial charge in [0.2, 0.25) is 0 Å². The summed E-state index contributed by atoms with van der Waals surface area (Å²) in [4.78, 5) is 22.8. The number of methoxy groups -OCH3 is 1. The minimum atomic E-state index is -1.05. The van der Waals surface area contributed by atoms with Crippen LogP contribution in [-0.2, 0) is 7.05 Å². The predicted octanol–water partition coefficient (Wildman–Crippen LogP) is 2.22. The summed E-state index contributed by atoms with van der Waals surface area (Å²) >= 11 is 0. The Labute approximate surface area is 135 Å². The summed E-state index contributed by atoms with van der Waals surface area (Å²) in [5.41, 5.74) is 2.87. The number of carboxylic acid groups (broad SMARTS) is 1. The number of carbonyl (C=O) groups is 1. The van der Waals surface area contributed by atoms with Gasteiger partial charge in [0, 0.05) is 24.7 Å². The molecule has 4 rings (SSSR count). The second-order valence-corrected chi connectivity index (χ2v) is 5.32. The molecule has 4 aromatic rings. The first-order valence-electron chi connectivity index (χ1n) is 7.17. The zero-order chi connectivity index (χ0) is 16.8. The van der Waals surface area contributed by atoms with Crippen molar-refractivity contribution < 1.29 is 14.6 Å². The van der Waals surface area contributed by atoms with Crippen LogP contribution in [0.15, 0.2) is 30.6 Å². The summed E-state index contributed by atoms with van der Waals surface area (Å²) in [6.45, 7) is 0. The SMILES string of the molecule is COc1ccc2c(-c3cnc4[nH]cc(C(=O)O)c4n3)nn(C)c2c1. The highest BCUT2D eigenvalue weighted by Gasteiger charge is 2.17. The van der Waals surface area contributed by atoms with Crippen LogP contribution in [0.4, 0.5) is 0 Å². The number of hydrogen-bond acceptors (Lipinski definition) is 5. The van der Waals surface area contributed by atoms with Crippen molar-refractivity contribution in [2.75, 3.05) is 7.11 Å². The normalized spacial score (nSPS) is 11.2. The average Bonchev–Trinajstić information content (AvgIpc) is 3.15. The molecule has 0 aliphatic carbocycles. The smallest absolute Gasteiger partial charge is 0.339 e. The van der Waals surface area contributed by atoms with E-state index in [4.69, 9.17) is 4.74 Å². The maximum Gasteiger partial charge on any atom is 0.339 e. The molecule has 0 spiro atoms. The number of aryl methyl sites for hydroxylation is 1. The van der Waals surface area contributed by atoms with Gasteiger partial charge in [0.1, 0.15) is 28.2 Å². The van der Waals surface area contributed by atoms with Gasteiger partial charge in [-0.15, -0.1) is 0 Å². The number of nitrogens with zero attached hydrogens (tertiary/aromatic N) is 4. The third-order valence-electron chi connectivity index (χ3n) is 3.91. The minimum absolute atomic E-state index is 0.0845. The molecule has 0 amide bonds. The van der Waals surface area contributed by atoms with E-state index >= 15 is 0 Å². The number of H-pyrrole nitrogens is 1. The van der Waals surface area contributed by atoms with Gasteiger partial charge >= 0.3 is 5.97 Å². The van der Waals surface area contributed by atoms with Crippen molar-refractivity contribution in [1.29, 1.82) is 0 Å². The van der Waals surface area contributed by atoms with Gasteiger partial charge in [-0.1, -0.05) is 0 Å². The molecule has 0 atom stereocenters. The molecular weight excluding hydrogens is 310 g/mol. The number of nitrogens with one attached hydrogen (secondary N) is 1. The van der Waals surface area contributed by atoms with E-state index in [1.54, 1.807) is 18.0 Å². The van der Waals surface area contributed by atoms with Crippen LogP contribution < -0.4 is 4.74 Å². The molecule has 0 radical (unpaired) electrons. The van der Waals surface area contributed by atoms with E-state index in [2.05, 4.69) is 20.1 Å². The number of rotatable bonds is 3. The first-order chi connectivity index (χ1) is 11.6. The van der Waals surface area contributed by atoms with E-state index in [1.807, 2.05) is 25.2 Å². The summed E-state index contributed by atoms with van der Waals surface area (Å²) in [7, 11) is 3.44. The third-order valence-corrected chi connectivity index (χ3v) is 3.91. The molecule has 8 heteroatoms. The van der Waals surface area contributed by atoms with Gasteiger partial charge in [0.25, 0.3) is 0 Å². The second-order valence-electron chi connectivity index (χ2n) is 5.32. The van der Waals surface area contributed by atoms with Crippen LogP contribution in [-0.4, -0.2) is 42.9 Å². The number of ether oxygens (including phenoxy) is 1. The van der Waals surface area contributed by atoms with E-state index in [1.165, 1.54) is 6.20 Å². The summed E-state index contributed by atoms with van der Waals surface area (Å²) in [6.07, 6.45) is 2.97. The minimum Gasteiger partial charge on any atom is -0.497 e. The van der Waals surface area contributed by atoms with Crippen molar-refractivity contribution in [2.24, 2.45) is 7.05 Å². The molecule has 0 saturated carbocycles. The van der Waals surface area contributed by atoms with Crippen LogP contribution in [0, 0.1) is 0 Å². The van der Waals surface area contributed by atoms with Gasteiger partial charge in [0.15, 0.2) is 5.65 Å². The van der Waals surface area contributed by atoms with Gasteiger partial charge in [0.05, 0.1) is 18.8 Å². The van der Waals surface area contributed by atoms with Crippen LogP contribution >= 0.6 is 0 Å². The van der Waals surface area contributed by atoms with Crippen molar-refractivity contribution in [2.45, 2.75) is 0 Å². The van der Waals surface area contributed by atoms with Gasteiger partial charge in [-0.25, -0.2) is 14.8 Å².